The van der Waals surface area contributed by atoms with Gasteiger partial charge in [-0.2, -0.15) is 0 Å². The summed E-state index contributed by atoms with van der Waals surface area (Å²) in [6.45, 7) is 0.744. The second-order valence-corrected chi connectivity index (χ2v) is 5.30. The van der Waals surface area contributed by atoms with E-state index in [-0.39, 0.29) is 30.9 Å². The van der Waals surface area contributed by atoms with Crippen molar-refractivity contribution in [2.45, 2.75) is 12.1 Å². The van der Waals surface area contributed by atoms with Crippen LogP contribution in [-0.2, 0) is 19.1 Å². The second-order valence-electron chi connectivity index (χ2n) is 5.30. The summed E-state index contributed by atoms with van der Waals surface area (Å²) in [6.07, 6.45) is -0.814. The maximum atomic E-state index is 12.7. The van der Waals surface area contributed by atoms with E-state index in [1.807, 2.05) is 30.3 Å². The van der Waals surface area contributed by atoms with Gasteiger partial charge in [-0.15, -0.1) is 0 Å². The van der Waals surface area contributed by atoms with Crippen LogP contribution >= 0.6 is 0 Å². The zero-order valence-electron chi connectivity index (χ0n) is 12.0. The average Bonchev–Trinajstić information content (AvgIpc) is 2.55. The highest BCUT2D eigenvalue weighted by atomic mass is 16.5. The Morgan fingerprint density at radius 1 is 1.18 bits per heavy atom. The number of ether oxygens (including phenoxy) is 1. The maximum Gasteiger partial charge on any atom is 0.254 e. The molecule has 0 aromatic heterocycles. The van der Waals surface area contributed by atoms with Crippen LogP contribution in [0.5, 0.6) is 0 Å². The Balaban J connectivity index is 1.81. The lowest BCUT2D eigenvalue weighted by Gasteiger charge is -2.36. The molecule has 2 fully saturated rings. The van der Waals surface area contributed by atoms with Crippen LogP contribution in [0.15, 0.2) is 30.3 Å². The lowest BCUT2D eigenvalue weighted by Crippen LogP contribution is -2.57. The number of carbonyl (C=O) groups excluding carboxylic acids is 3. The molecule has 0 saturated carbocycles. The molecule has 2 N–H and O–H groups in total. The number of benzene rings is 1. The van der Waals surface area contributed by atoms with Gasteiger partial charge in [-0.25, -0.2) is 0 Å². The predicted octanol–water partition coefficient (Wildman–Crippen LogP) is -0.799. The first-order valence-corrected chi connectivity index (χ1v) is 7.16. The standard InChI is InChI=1S/C15H17N3O4/c19-11-8-18(7-6-16-11)15(21)14-13(17-12(20)9-22-14)10-4-2-1-3-5-10/h1-5,13-14H,6-9H2,(H,16,19)(H,17,20)/t13-,14+/m1/s1. The topological polar surface area (TPSA) is 87.7 Å². The van der Waals surface area contributed by atoms with Gasteiger partial charge >= 0.3 is 0 Å². The zero-order valence-corrected chi connectivity index (χ0v) is 12.0. The summed E-state index contributed by atoms with van der Waals surface area (Å²) < 4.78 is 5.47. The second kappa shape index (κ2) is 6.15. The van der Waals surface area contributed by atoms with Gasteiger partial charge in [0, 0.05) is 13.1 Å². The Kier molecular flexibility index (Phi) is 4.06. The molecular formula is C15H17N3O4. The number of nitrogens with one attached hydrogen (secondary N) is 2. The molecule has 7 nitrogen and oxygen atoms in total. The van der Waals surface area contributed by atoms with E-state index in [0.717, 1.165) is 5.56 Å². The van der Waals surface area contributed by atoms with Crippen LogP contribution < -0.4 is 10.6 Å². The molecule has 2 atom stereocenters. The van der Waals surface area contributed by atoms with Crippen molar-refractivity contribution in [3.63, 3.8) is 0 Å². The minimum Gasteiger partial charge on any atom is -0.356 e. The van der Waals surface area contributed by atoms with Crippen LogP contribution in [0.1, 0.15) is 11.6 Å². The third kappa shape index (κ3) is 2.94. The summed E-state index contributed by atoms with van der Waals surface area (Å²) in [7, 11) is 0. The summed E-state index contributed by atoms with van der Waals surface area (Å²) in [6, 6.07) is 8.67. The van der Waals surface area contributed by atoms with E-state index in [9.17, 15) is 14.4 Å². The normalized spacial score (nSPS) is 25.4. The molecular weight excluding hydrogens is 286 g/mol. The van der Waals surface area contributed by atoms with Gasteiger partial charge in [0.2, 0.25) is 11.8 Å². The minimum absolute atomic E-state index is 0.0220. The molecule has 1 aromatic carbocycles. The highest BCUT2D eigenvalue weighted by Crippen LogP contribution is 2.24. The Bertz CT molecular complexity index is 590. The number of nitrogens with zero attached hydrogens (tertiary/aromatic N) is 1. The number of hydrogen-bond donors (Lipinski definition) is 2. The summed E-state index contributed by atoms with van der Waals surface area (Å²) in [5, 5.41) is 5.48. The summed E-state index contributed by atoms with van der Waals surface area (Å²) in [5.74, 6) is -0.714. The molecule has 1 aromatic rings. The van der Waals surface area contributed by atoms with E-state index in [1.165, 1.54) is 4.90 Å². The van der Waals surface area contributed by atoms with Crippen LogP contribution in [0, 0.1) is 0 Å². The molecule has 0 aliphatic carbocycles. The van der Waals surface area contributed by atoms with Crippen LogP contribution in [0.2, 0.25) is 0 Å². The molecule has 3 rings (SSSR count). The van der Waals surface area contributed by atoms with Crippen molar-refractivity contribution in [3.05, 3.63) is 35.9 Å². The Hall–Kier alpha value is -2.41. The molecule has 0 radical (unpaired) electrons. The van der Waals surface area contributed by atoms with Gasteiger partial charge in [0.15, 0.2) is 6.10 Å². The van der Waals surface area contributed by atoms with E-state index >= 15 is 0 Å². The third-order valence-electron chi connectivity index (χ3n) is 3.77. The molecule has 2 aliphatic heterocycles. The number of morpholine rings is 1. The first kappa shape index (κ1) is 14.5. The maximum absolute atomic E-state index is 12.7. The Morgan fingerprint density at radius 2 is 1.95 bits per heavy atom. The summed E-state index contributed by atoms with van der Waals surface area (Å²) >= 11 is 0. The molecule has 3 amide bonds. The highest BCUT2D eigenvalue weighted by molar-refractivity contribution is 5.90. The van der Waals surface area contributed by atoms with Gasteiger partial charge < -0.3 is 20.3 Å². The smallest absolute Gasteiger partial charge is 0.254 e. The van der Waals surface area contributed by atoms with Crippen LogP contribution in [0.25, 0.3) is 0 Å². The Morgan fingerprint density at radius 3 is 2.68 bits per heavy atom. The summed E-state index contributed by atoms with van der Waals surface area (Å²) in [5.41, 5.74) is 0.801. The molecule has 7 heteroatoms. The number of hydrogen-bond acceptors (Lipinski definition) is 4. The van der Waals surface area contributed by atoms with Crippen LogP contribution in [0.3, 0.4) is 0 Å². The van der Waals surface area contributed by atoms with E-state index < -0.39 is 12.1 Å². The third-order valence-corrected chi connectivity index (χ3v) is 3.77. The molecule has 2 heterocycles. The van der Waals surface area contributed by atoms with Gasteiger partial charge in [0.1, 0.15) is 6.61 Å². The largest absolute Gasteiger partial charge is 0.356 e. The van der Waals surface area contributed by atoms with E-state index in [4.69, 9.17) is 4.74 Å². The first-order valence-electron chi connectivity index (χ1n) is 7.16. The molecule has 0 unspecified atom stereocenters. The average molecular weight is 303 g/mol. The number of piperazine rings is 1. The van der Waals surface area contributed by atoms with Crippen molar-refractivity contribution in [2.75, 3.05) is 26.2 Å². The monoisotopic (exact) mass is 303 g/mol. The SMILES string of the molecule is O=C1CN(C(=O)[C@H]2OCC(=O)N[C@@H]2c2ccccc2)CCN1. The van der Waals surface area contributed by atoms with E-state index in [0.29, 0.717) is 13.1 Å². The first-order chi connectivity index (χ1) is 10.6. The lowest BCUT2D eigenvalue weighted by atomic mass is 9.98. The number of rotatable bonds is 2. The fourth-order valence-electron chi connectivity index (χ4n) is 2.69. The fraction of sp³-hybridized carbons (Fsp3) is 0.400. The molecule has 0 spiro atoms. The minimum atomic E-state index is -0.814. The van der Waals surface area contributed by atoms with Crippen LogP contribution in [0.4, 0.5) is 0 Å². The van der Waals surface area contributed by atoms with E-state index in [2.05, 4.69) is 10.6 Å². The number of carbonyl (C=O) groups is 3. The predicted molar refractivity (Wildman–Crippen MR) is 76.7 cm³/mol. The quantitative estimate of drug-likeness (QED) is 0.749. The molecule has 2 saturated heterocycles. The van der Waals surface area contributed by atoms with Gasteiger partial charge in [-0.05, 0) is 5.56 Å². The van der Waals surface area contributed by atoms with Gasteiger partial charge in [0.05, 0.1) is 12.6 Å². The van der Waals surface area contributed by atoms with Gasteiger partial charge in [-0.3, -0.25) is 14.4 Å². The number of amides is 3. The Labute approximate surface area is 127 Å². The summed E-state index contributed by atoms with van der Waals surface area (Å²) in [4.78, 5) is 37.2. The zero-order chi connectivity index (χ0) is 15.5. The molecule has 116 valence electrons. The van der Waals surface area contributed by atoms with Crippen molar-refractivity contribution in [3.8, 4) is 0 Å². The fourth-order valence-corrected chi connectivity index (χ4v) is 2.69. The van der Waals surface area contributed by atoms with Gasteiger partial charge in [0.25, 0.3) is 5.91 Å². The van der Waals surface area contributed by atoms with Crippen molar-refractivity contribution in [1.29, 1.82) is 0 Å². The lowest BCUT2D eigenvalue weighted by molar-refractivity contribution is -0.157. The van der Waals surface area contributed by atoms with Crippen molar-refractivity contribution >= 4 is 17.7 Å². The highest BCUT2D eigenvalue weighted by Gasteiger charge is 2.39. The van der Waals surface area contributed by atoms with Crippen molar-refractivity contribution in [1.82, 2.24) is 15.5 Å². The molecule has 22 heavy (non-hydrogen) atoms. The van der Waals surface area contributed by atoms with Crippen molar-refractivity contribution in [2.24, 2.45) is 0 Å². The molecule has 2 aliphatic rings. The van der Waals surface area contributed by atoms with Crippen LogP contribution in [-0.4, -0.2) is 55.0 Å². The van der Waals surface area contributed by atoms with Gasteiger partial charge in [-0.1, -0.05) is 30.3 Å². The molecule has 0 bridgehead atoms. The van der Waals surface area contributed by atoms with E-state index in [1.54, 1.807) is 0 Å². The van der Waals surface area contributed by atoms with Crippen molar-refractivity contribution < 1.29 is 19.1 Å².